The van der Waals surface area contributed by atoms with Crippen molar-refractivity contribution in [2.24, 2.45) is 58.2 Å². The van der Waals surface area contributed by atoms with Crippen molar-refractivity contribution in [1.29, 1.82) is 5.26 Å². The van der Waals surface area contributed by atoms with Crippen molar-refractivity contribution >= 4 is 29.7 Å². The van der Waals surface area contributed by atoms with E-state index in [2.05, 4.69) is 27.7 Å². The van der Waals surface area contributed by atoms with Crippen LogP contribution in [0.15, 0.2) is 0 Å². The molecule has 0 radical (unpaired) electrons. The molecule has 4 heterocycles. The molecule has 58 heavy (non-hydrogen) atoms. The smallest absolute Gasteiger partial charge is 0.226 e. The molecule has 0 aromatic carbocycles. The molecule has 9 heteroatoms. The predicted molar refractivity (Wildman–Crippen MR) is 227 cm³/mol. The minimum Gasteiger partial charge on any atom is -0.378 e. The van der Waals surface area contributed by atoms with Gasteiger partial charge in [0.05, 0.1) is 18.2 Å². The van der Waals surface area contributed by atoms with Crippen LogP contribution in [-0.4, -0.2) is 75.9 Å². The van der Waals surface area contributed by atoms with Gasteiger partial charge in [0.2, 0.25) is 11.8 Å². The number of ketones is 2. The van der Waals surface area contributed by atoms with Crippen molar-refractivity contribution in [1.82, 2.24) is 9.80 Å². The summed E-state index contributed by atoms with van der Waals surface area (Å²) in [6, 6.07) is 1.28. The molecule has 2 amide bonds. The molecule has 11 atom stereocenters. The van der Waals surface area contributed by atoms with Gasteiger partial charge in [0.25, 0.3) is 0 Å². The molecule has 6 rings (SSSR count). The second-order valence-electron chi connectivity index (χ2n) is 21.0. The molecule has 0 spiro atoms. The van der Waals surface area contributed by atoms with Crippen molar-refractivity contribution in [3.05, 3.63) is 0 Å². The number of hydrogen-bond donors (Lipinski definition) is 1. The van der Waals surface area contributed by atoms with E-state index in [1.54, 1.807) is 0 Å². The summed E-state index contributed by atoms with van der Waals surface area (Å²) in [5, 5.41) is 19.5. The summed E-state index contributed by atoms with van der Waals surface area (Å²) in [5.41, 5.74) is 0.248. The third-order valence-electron chi connectivity index (χ3n) is 16.1. The van der Waals surface area contributed by atoms with Crippen LogP contribution in [-0.2, 0) is 24.0 Å². The van der Waals surface area contributed by atoms with Crippen LogP contribution in [0, 0.1) is 69.5 Å². The number of aldehydes is 1. The Hall–Kier alpha value is -2.60. The Kier molecular flexibility index (Phi) is 16.6. The topological polar surface area (TPSA) is 136 Å². The van der Waals surface area contributed by atoms with Gasteiger partial charge in [-0.15, -0.1) is 0 Å². The van der Waals surface area contributed by atoms with E-state index in [1.807, 2.05) is 29.7 Å². The number of hydrogen-bond acceptors (Lipinski definition) is 7. The third kappa shape index (κ3) is 11.0. The number of carbonyl (C=O) groups is 5. The van der Waals surface area contributed by atoms with Gasteiger partial charge in [-0.2, -0.15) is 5.26 Å². The van der Waals surface area contributed by atoms with E-state index in [4.69, 9.17) is 0 Å². The number of nitrogens with zero attached hydrogens (tertiary/aromatic N) is 3. The Bertz CT molecular complexity index is 1470. The highest BCUT2D eigenvalue weighted by atomic mass is 16.3. The van der Waals surface area contributed by atoms with Crippen LogP contribution in [0.5, 0.6) is 0 Å². The van der Waals surface area contributed by atoms with Crippen molar-refractivity contribution in [2.45, 2.75) is 201 Å². The lowest BCUT2D eigenvalue weighted by atomic mass is 9.86. The summed E-state index contributed by atoms with van der Waals surface area (Å²) in [6.07, 6.45) is 22.3. The first-order valence-corrected chi connectivity index (χ1v) is 23.9. The van der Waals surface area contributed by atoms with Crippen molar-refractivity contribution in [2.75, 3.05) is 13.1 Å². The lowest BCUT2D eigenvalue weighted by Gasteiger charge is -2.33. The number of aliphatic hydroxyl groups excluding tert-OH is 1. The van der Waals surface area contributed by atoms with Gasteiger partial charge in [-0.05, 0) is 60.2 Å². The van der Waals surface area contributed by atoms with Crippen LogP contribution in [0.25, 0.3) is 0 Å². The lowest BCUT2D eigenvalue weighted by Crippen LogP contribution is -2.48. The number of aliphatic hydroxyl groups is 1. The van der Waals surface area contributed by atoms with Crippen LogP contribution in [0.4, 0.5) is 0 Å². The maximum absolute atomic E-state index is 13.4. The van der Waals surface area contributed by atoms with Crippen LogP contribution < -0.4 is 0 Å². The minimum atomic E-state index is -1.11. The summed E-state index contributed by atoms with van der Waals surface area (Å²) >= 11 is 0. The van der Waals surface area contributed by atoms with E-state index in [0.717, 1.165) is 70.6 Å². The maximum Gasteiger partial charge on any atom is 0.226 e. The van der Waals surface area contributed by atoms with Crippen LogP contribution >= 0.6 is 0 Å². The highest BCUT2D eigenvalue weighted by Crippen LogP contribution is 2.66. The summed E-state index contributed by atoms with van der Waals surface area (Å²) in [5.74, 6) is 1.25. The number of amides is 2. The Morgan fingerprint density at radius 1 is 0.603 bits per heavy atom. The number of nitriles is 1. The van der Waals surface area contributed by atoms with E-state index in [-0.39, 0.29) is 88.2 Å². The number of fused-ring (bicyclic) bond motifs is 6. The fraction of sp³-hybridized carbons (Fsp3) is 0.878. The molecule has 0 aromatic rings. The van der Waals surface area contributed by atoms with E-state index < -0.39 is 6.10 Å². The fourth-order valence-electron chi connectivity index (χ4n) is 11.9. The van der Waals surface area contributed by atoms with Gasteiger partial charge in [-0.1, -0.05) is 144 Å². The monoisotopic (exact) mass is 806 g/mol. The average Bonchev–Trinajstić information content (AvgIpc) is 3.65. The molecule has 1 N–H and O–H groups in total. The Labute approximate surface area is 351 Å². The number of rotatable bonds is 2. The zero-order valence-corrected chi connectivity index (χ0v) is 37.2. The van der Waals surface area contributed by atoms with Crippen molar-refractivity contribution < 1.29 is 29.1 Å². The highest BCUT2D eigenvalue weighted by molar-refractivity contribution is 5.93. The Morgan fingerprint density at radius 2 is 0.966 bits per heavy atom. The normalized spacial score (nSPS) is 37.3. The zero-order chi connectivity index (χ0) is 42.2. The molecular formula is C49H79N3O6. The molecule has 2 aliphatic carbocycles. The summed E-state index contributed by atoms with van der Waals surface area (Å²) < 4.78 is 0. The van der Waals surface area contributed by atoms with Gasteiger partial charge in [0.15, 0.2) is 11.6 Å². The van der Waals surface area contributed by atoms with Crippen molar-refractivity contribution in [3.63, 3.8) is 0 Å². The van der Waals surface area contributed by atoms with Gasteiger partial charge < -0.3 is 19.7 Å². The van der Waals surface area contributed by atoms with Gasteiger partial charge in [0, 0.05) is 49.6 Å². The van der Waals surface area contributed by atoms with Gasteiger partial charge >= 0.3 is 0 Å². The molecule has 4 aliphatic heterocycles. The molecule has 1 unspecified atom stereocenters. The highest BCUT2D eigenvalue weighted by Gasteiger charge is 2.70. The predicted octanol–water partition coefficient (Wildman–Crippen LogP) is 9.27. The first-order chi connectivity index (χ1) is 27.7. The van der Waals surface area contributed by atoms with Gasteiger partial charge in [0.1, 0.15) is 12.4 Å². The molecule has 4 saturated heterocycles. The summed E-state index contributed by atoms with van der Waals surface area (Å²) in [4.78, 5) is 68.4. The average molecular weight is 806 g/mol. The molecule has 326 valence electrons. The molecule has 0 bridgehead atoms. The standard InChI is InChI=1S/C25H40N2O3.C24H39NO3/c1-17-12-10-8-6-4-5-7-9-11-13-18(21(29)15-26)14-20(28)23-22-19(25(22,2)3)16-27(23)24(17)30;1-17-12-10-8-6-4-5-7-9-11-13-18(16-26)14-20(27)22-21-19(24(21,2)3)15-25(22)23(17)28/h17-19,21-23,29H,4-14,16H2,1-3H3;16-19,21-22H,4-15H2,1-3H3/t17-,18+,19-,21?,22-,23+;17-,18+,19-,21-,22+/m00/s1. The fourth-order valence-corrected chi connectivity index (χ4v) is 11.9. The SMILES string of the molecule is C[C@H]1CCCCCCCCCC[C@@H](C(O)C#N)CC(=O)[C@@H]2[C@@H]3[C@H](CN2C1=O)C3(C)C.C[C@H]1CCCCCCCCCC[C@@H](C=O)CC(=O)[C@@H]2[C@@H]3[C@H](CN2C1=O)C3(C)C. The van der Waals surface area contributed by atoms with Gasteiger partial charge in [-0.25, -0.2) is 0 Å². The van der Waals surface area contributed by atoms with Gasteiger partial charge in [-0.3, -0.25) is 19.2 Å². The number of piperidine rings is 2. The lowest BCUT2D eigenvalue weighted by molar-refractivity contribution is -0.143. The van der Waals surface area contributed by atoms with E-state index in [9.17, 15) is 34.3 Å². The van der Waals surface area contributed by atoms with E-state index in [0.29, 0.717) is 31.2 Å². The summed E-state index contributed by atoms with van der Waals surface area (Å²) in [6.45, 7) is 14.3. The minimum absolute atomic E-state index is 0.00605. The Balaban J connectivity index is 0.000000221. The van der Waals surface area contributed by atoms with Crippen LogP contribution in [0.2, 0.25) is 0 Å². The molecule has 2 saturated carbocycles. The molecule has 0 aromatic heterocycles. The van der Waals surface area contributed by atoms with Crippen molar-refractivity contribution in [3.8, 4) is 6.07 Å². The molecule has 6 fully saturated rings. The van der Waals surface area contributed by atoms with E-state index in [1.165, 1.54) is 64.2 Å². The Morgan fingerprint density at radius 3 is 1.36 bits per heavy atom. The first kappa shape index (κ1) is 46.5. The van der Waals surface area contributed by atoms with E-state index >= 15 is 0 Å². The summed E-state index contributed by atoms with van der Waals surface area (Å²) in [7, 11) is 0. The molecule has 6 aliphatic rings. The second kappa shape index (κ2) is 20.8. The first-order valence-electron chi connectivity index (χ1n) is 23.9. The quantitative estimate of drug-likeness (QED) is 0.217. The number of Topliss-reactive ketones (excluding diaryl/α,β-unsaturated/α-hetero) is 2. The molecular weight excluding hydrogens is 727 g/mol. The largest absolute Gasteiger partial charge is 0.378 e. The number of carbonyl (C=O) groups excluding carboxylic acids is 5. The zero-order valence-electron chi connectivity index (χ0n) is 37.2. The third-order valence-corrected chi connectivity index (χ3v) is 16.1. The van der Waals surface area contributed by atoms with Crippen LogP contribution in [0.3, 0.4) is 0 Å². The second-order valence-corrected chi connectivity index (χ2v) is 21.0. The van der Waals surface area contributed by atoms with Crippen LogP contribution in [0.1, 0.15) is 183 Å². The molecule has 9 nitrogen and oxygen atoms in total. The maximum atomic E-state index is 13.4.